The average molecular weight is 384 g/mol. The van der Waals surface area contributed by atoms with Gasteiger partial charge in [-0.15, -0.1) is 0 Å². The maximum absolute atomic E-state index is 12.6. The molecule has 5 rings (SSSR count). The number of aromatic amines is 1. The van der Waals surface area contributed by atoms with E-state index in [1.165, 1.54) is 6.26 Å². The number of hydrogen-bond donors (Lipinski definition) is 1. The van der Waals surface area contributed by atoms with Crippen LogP contribution in [0.25, 0.3) is 0 Å². The summed E-state index contributed by atoms with van der Waals surface area (Å²) in [4.78, 5) is 38.8. The molecule has 148 valence electrons. The lowest BCUT2D eigenvalue weighted by Crippen LogP contribution is -2.46. The highest BCUT2D eigenvalue weighted by atomic mass is 16.5. The van der Waals surface area contributed by atoms with E-state index in [4.69, 9.17) is 14.1 Å². The maximum Gasteiger partial charge on any atom is 0.360 e. The zero-order valence-corrected chi connectivity index (χ0v) is 16.0. The first-order valence-electron chi connectivity index (χ1n) is 10.1. The van der Waals surface area contributed by atoms with E-state index in [9.17, 15) is 9.59 Å². The van der Waals surface area contributed by atoms with Gasteiger partial charge in [0.05, 0.1) is 12.3 Å². The first-order valence-corrected chi connectivity index (χ1v) is 10.1. The van der Waals surface area contributed by atoms with Crippen molar-refractivity contribution in [1.29, 1.82) is 0 Å². The quantitative estimate of drug-likeness (QED) is 0.807. The highest BCUT2D eigenvalue weighted by Gasteiger charge is 2.46. The third-order valence-electron chi connectivity index (χ3n) is 6.18. The fraction of sp³-hybridized carbons (Fsp3) is 0.600. The minimum atomic E-state index is -0.474. The van der Waals surface area contributed by atoms with Gasteiger partial charge in [-0.05, 0) is 45.4 Å². The Morgan fingerprint density at radius 2 is 2.25 bits per heavy atom. The number of H-pyrrole nitrogens is 1. The largest absolute Gasteiger partial charge is 0.461 e. The van der Waals surface area contributed by atoms with Crippen molar-refractivity contribution < 1.29 is 13.9 Å². The van der Waals surface area contributed by atoms with E-state index in [1.54, 1.807) is 6.92 Å². The van der Waals surface area contributed by atoms with Crippen LogP contribution in [0.2, 0.25) is 0 Å². The van der Waals surface area contributed by atoms with Gasteiger partial charge in [-0.3, -0.25) is 4.79 Å². The van der Waals surface area contributed by atoms with Crippen molar-refractivity contribution in [2.75, 3.05) is 24.6 Å². The molecule has 2 fully saturated rings. The number of nitrogens with zero attached hydrogens (tertiary/aromatic N) is 3. The van der Waals surface area contributed by atoms with Crippen LogP contribution in [0.15, 0.2) is 15.5 Å². The number of aromatic nitrogens is 3. The predicted octanol–water partition coefficient (Wildman–Crippen LogP) is 2.30. The van der Waals surface area contributed by atoms with Crippen molar-refractivity contribution in [1.82, 2.24) is 15.0 Å². The lowest BCUT2D eigenvalue weighted by atomic mass is 9.77. The van der Waals surface area contributed by atoms with Gasteiger partial charge in [0, 0.05) is 30.0 Å². The molecule has 1 saturated heterocycles. The third-order valence-corrected chi connectivity index (χ3v) is 6.18. The molecule has 3 aliphatic rings. The van der Waals surface area contributed by atoms with Crippen LogP contribution in [0.5, 0.6) is 0 Å². The van der Waals surface area contributed by atoms with E-state index in [-0.39, 0.29) is 16.7 Å². The fourth-order valence-electron chi connectivity index (χ4n) is 4.62. The molecule has 2 aliphatic carbocycles. The number of carbonyl (C=O) groups excluding carboxylic acids is 1. The number of hydrogen-bond acceptors (Lipinski definition) is 7. The normalized spacial score (nSPS) is 23.8. The average Bonchev–Trinajstić information content (AvgIpc) is 3.32. The van der Waals surface area contributed by atoms with E-state index >= 15 is 0 Å². The molecule has 0 amide bonds. The molecule has 0 bridgehead atoms. The summed E-state index contributed by atoms with van der Waals surface area (Å²) in [5.41, 5.74) is 1.88. The molecule has 3 heterocycles. The van der Waals surface area contributed by atoms with Crippen molar-refractivity contribution in [2.45, 2.75) is 56.8 Å². The summed E-state index contributed by atoms with van der Waals surface area (Å²) in [7, 11) is 0. The van der Waals surface area contributed by atoms with Crippen LogP contribution in [0.3, 0.4) is 0 Å². The topological polar surface area (TPSA) is 101 Å². The highest BCUT2D eigenvalue weighted by molar-refractivity contribution is 5.87. The first-order chi connectivity index (χ1) is 13.6. The van der Waals surface area contributed by atoms with E-state index in [2.05, 4.69) is 14.9 Å². The van der Waals surface area contributed by atoms with Crippen molar-refractivity contribution in [3.63, 3.8) is 0 Å². The number of anilines is 1. The Morgan fingerprint density at radius 3 is 3.04 bits per heavy atom. The summed E-state index contributed by atoms with van der Waals surface area (Å²) in [6.45, 7) is 3.56. The minimum absolute atomic E-state index is 0.0293. The fourth-order valence-corrected chi connectivity index (χ4v) is 4.62. The van der Waals surface area contributed by atoms with E-state index in [0.29, 0.717) is 25.1 Å². The Morgan fingerprint density at radius 1 is 1.39 bits per heavy atom. The van der Waals surface area contributed by atoms with Crippen LogP contribution >= 0.6 is 0 Å². The van der Waals surface area contributed by atoms with Crippen LogP contribution in [-0.2, 0) is 16.6 Å². The molecule has 2 aromatic rings. The summed E-state index contributed by atoms with van der Waals surface area (Å²) in [6, 6.07) is 0.433. The van der Waals surface area contributed by atoms with Crippen molar-refractivity contribution >= 4 is 12.0 Å². The molecule has 8 nitrogen and oxygen atoms in total. The molecule has 1 unspecified atom stereocenters. The molecule has 1 N–H and O–H groups in total. The second kappa shape index (κ2) is 6.46. The number of nitrogens with one attached hydrogen (secondary N) is 1. The lowest BCUT2D eigenvalue weighted by Gasteiger charge is -2.39. The number of carbonyl (C=O) groups is 1. The summed E-state index contributed by atoms with van der Waals surface area (Å²) in [5, 5.41) is 0. The van der Waals surface area contributed by atoms with Crippen LogP contribution in [0.1, 0.15) is 72.5 Å². The molecular formula is C20H24N4O4. The standard InChI is InChI=1S/C20H24N4O4/c1-2-27-18(26)14-10-28-19(21-14)24-9-3-7-20(11-24)8-6-13-15(20)22-16(12-4-5-12)23-17(13)25/h10,12H,2-9,11H2,1H3,(H,22,23,25). The Labute approximate surface area is 162 Å². The number of oxazole rings is 1. The Kier molecular flexibility index (Phi) is 4.03. The van der Waals surface area contributed by atoms with E-state index in [0.717, 1.165) is 62.2 Å². The van der Waals surface area contributed by atoms with Crippen molar-refractivity contribution in [2.24, 2.45) is 0 Å². The molecule has 8 heteroatoms. The number of rotatable bonds is 4. The van der Waals surface area contributed by atoms with Gasteiger partial charge in [-0.1, -0.05) is 0 Å². The summed E-state index contributed by atoms with van der Waals surface area (Å²) < 4.78 is 10.6. The number of esters is 1. The second-order valence-corrected chi connectivity index (χ2v) is 8.09. The van der Waals surface area contributed by atoms with Gasteiger partial charge < -0.3 is 19.0 Å². The predicted molar refractivity (Wildman–Crippen MR) is 101 cm³/mol. The minimum Gasteiger partial charge on any atom is -0.461 e. The zero-order chi connectivity index (χ0) is 19.3. The smallest absolute Gasteiger partial charge is 0.360 e. The highest BCUT2D eigenvalue weighted by Crippen LogP contribution is 2.45. The van der Waals surface area contributed by atoms with E-state index in [1.807, 2.05) is 0 Å². The number of fused-ring (bicyclic) bond motifs is 2. The third kappa shape index (κ3) is 2.82. The molecule has 0 radical (unpaired) electrons. The Balaban J connectivity index is 1.44. The van der Waals surface area contributed by atoms with Crippen molar-refractivity contribution in [3.8, 4) is 0 Å². The van der Waals surface area contributed by atoms with E-state index < -0.39 is 5.97 Å². The molecule has 28 heavy (non-hydrogen) atoms. The summed E-state index contributed by atoms with van der Waals surface area (Å²) >= 11 is 0. The van der Waals surface area contributed by atoms with Crippen LogP contribution in [0.4, 0.5) is 6.01 Å². The molecule has 2 aromatic heterocycles. The van der Waals surface area contributed by atoms with Crippen LogP contribution in [-0.4, -0.2) is 40.6 Å². The Hall–Kier alpha value is -2.64. The van der Waals surface area contributed by atoms with Crippen LogP contribution < -0.4 is 10.5 Å². The molecule has 0 aromatic carbocycles. The molecule has 1 aliphatic heterocycles. The lowest BCUT2D eigenvalue weighted by molar-refractivity contribution is 0.0519. The molecule has 1 spiro atoms. The van der Waals surface area contributed by atoms with Gasteiger partial charge in [0.25, 0.3) is 11.6 Å². The SMILES string of the molecule is CCOC(=O)c1coc(N2CCCC3(CCc4c3nc(C3CC3)[nH]c4=O)C2)n1. The number of piperidine rings is 1. The van der Waals surface area contributed by atoms with Crippen molar-refractivity contribution in [3.05, 3.63) is 39.4 Å². The van der Waals surface area contributed by atoms with Gasteiger partial charge in [0.15, 0.2) is 5.69 Å². The molecule has 1 saturated carbocycles. The van der Waals surface area contributed by atoms with Gasteiger partial charge in [0.1, 0.15) is 12.1 Å². The zero-order valence-electron chi connectivity index (χ0n) is 16.0. The van der Waals surface area contributed by atoms with Gasteiger partial charge >= 0.3 is 5.97 Å². The maximum atomic E-state index is 12.6. The number of ether oxygens (including phenoxy) is 1. The second-order valence-electron chi connectivity index (χ2n) is 8.09. The summed E-state index contributed by atoms with van der Waals surface area (Å²) in [6.07, 6.45) is 7.20. The summed E-state index contributed by atoms with van der Waals surface area (Å²) in [5.74, 6) is 0.787. The molecule has 1 atom stereocenters. The Bertz CT molecular complexity index is 977. The van der Waals surface area contributed by atoms with Gasteiger partial charge in [0.2, 0.25) is 0 Å². The van der Waals surface area contributed by atoms with Gasteiger partial charge in [-0.2, -0.15) is 4.98 Å². The first kappa shape index (κ1) is 17.5. The molecular weight excluding hydrogens is 360 g/mol. The van der Waals surface area contributed by atoms with Crippen LogP contribution in [0, 0.1) is 0 Å². The monoisotopic (exact) mass is 384 g/mol. The van der Waals surface area contributed by atoms with Gasteiger partial charge in [-0.25, -0.2) is 9.78 Å².